The molecular formula is C18H16N4O8S. The fourth-order valence-corrected chi connectivity index (χ4v) is 3.34. The molecule has 0 aliphatic heterocycles. The number of carbonyl (C=O) groups is 4. The van der Waals surface area contributed by atoms with Crippen molar-refractivity contribution in [1.29, 1.82) is 0 Å². The Bertz CT molecular complexity index is 1150. The Balaban J connectivity index is 2.36. The lowest BCUT2D eigenvalue weighted by Gasteiger charge is -2.12. The molecule has 0 saturated carbocycles. The Morgan fingerprint density at radius 2 is 2.00 bits per heavy atom. The van der Waals surface area contributed by atoms with Crippen LogP contribution in [0.3, 0.4) is 0 Å². The van der Waals surface area contributed by atoms with Gasteiger partial charge >= 0.3 is 5.97 Å². The third-order valence-corrected chi connectivity index (χ3v) is 4.71. The summed E-state index contributed by atoms with van der Waals surface area (Å²) in [6.07, 6.45) is 1.01. The predicted octanol–water partition coefficient (Wildman–Crippen LogP) is 1.87. The summed E-state index contributed by atoms with van der Waals surface area (Å²) in [4.78, 5) is 63.8. The number of nitro groups is 1. The van der Waals surface area contributed by atoms with E-state index in [4.69, 9.17) is 5.21 Å². The molecule has 2 rings (SSSR count). The fraction of sp³-hybridized carbons (Fsp3) is 0.222. The summed E-state index contributed by atoms with van der Waals surface area (Å²) in [6.45, 7) is 3.10. The number of nitrogens with zero attached hydrogens (tertiary/aromatic N) is 3. The number of Topliss-reactive ketones (excluding diaryl/α,β-unsaturated/α-hetero) is 1. The molecule has 0 spiro atoms. The summed E-state index contributed by atoms with van der Waals surface area (Å²) in [7, 11) is 0.945. The molecular weight excluding hydrogens is 432 g/mol. The van der Waals surface area contributed by atoms with Gasteiger partial charge in [0.15, 0.2) is 16.6 Å². The molecule has 2 N–H and O–H groups in total. The van der Waals surface area contributed by atoms with Crippen LogP contribution in [0.4, 0.5) is 10.8 Å². The number of ether oxygens (including phenoxy) is 1. The number of hydrogen-bond acceptors (Lipinski definition) is 11. The van der Waals surface area contributed by atoms with Crippen LogP contribution in [0.1, 0.15) is 13.8 Å². The van der Waals surface area contributed by atoms with Crippen molar-refractivity contribution >= 4 is 61.5 Å². The molecule has 162 valence electrons. The van der Waals surface area contributed by atoms with Crippen LogP contribution in [0.5, 0.6) is 0 Å². The Morgan fingerprint density at radius 1 is 1.32 bits per heavy atom. The molecule has 0 bridgehead atoms. The molecule has 0 aliphatic carbocycles. The number of methoxy groups -OCH3 is 1. The maximum Gasteiger partial charge on any atom is 0.357 e. The number of esters is 1. The van der Waals surface area contributed by atoms with Crippen molar-refractivity contribution in [1.82, 2.24) is 4.98 Å². The van der Waals surface area contributed by atoms with Crippen LogP contribution in [0.25, 0.3) is 10.2 Å². The van der Waals surface area contributed by atoms with E-state index in [2.05, 4.69) is 20.2 Å². The molecule has 31 heavy (non-hydrogen) atoms. The zero-order valence-electron chi connectivity index (χ0n) is 16.4. The average molecular weight is 448 g/mol. The minimum absolute atomic E-state index is 0.0668. The molecule has 0 aliphatic rings. The highest BCUT2D eigenvalue weighted by Gasteiger charge is 2.39. The first kappa shape index (κ1) is 23.3. The van der Waals surface area contributed by atoms with Gasteiger partial charge in [0, 0.05) is 12.1 Å². The number of fused-ring (bicyclic) bond motifs is 1. The number of aromatic nitrogens is 1. The van der Waals surface area contributed by atoms with Gasteiger partial charge in [0.1, 0.15) is 5.92 Å². The number of rotatable bonds is 8. The van der Waals surface area contributed by atoms with Gasteiger partial charge in [0.25, 0.3) is 11.6 Å². The third kappa shape index (κ3) is 5.33. The summed E-state index contributed by atoms with van der Waals surface area (Å²) >= 11 is 0.862. The van der Waals surface area contributed by atoms with Crippen molar-refractivity contribution in [2.24, 2.45) is 11.1 Å². The number of amides is 1. The van der Waals surface area contributed by atoms with Crippen LogP contribution in [-0.4, -0.2) is 51.4 Å². The number of benzene rings is 1. The number of oxime groups is 1. The van der Waals surface area contributed by atoms with E-state index >= 15 is 0 Å². The number of thiazole rings is 1. The van der Waals surface area contributed by atoms with Crippen LogP contribution < -0.4 is 5.32 Å². The zero-order valence-corrected chi connectivity index (χ0v) is 17.3. The smallest absolute Gasteiger partial charge is 0.357 e. The van der Waals surface area contributed by atoms with Gasteiger partial charge in [-0.25, -0.2) is 9.78 Å². The second-order valence-corrected chi connectivity index (χ2v) is 7.31. The van der Waals surface area contributed by atoms with Crippen molar-refractivity contribution in [3.63, 3.8) is 0 Å². The molecule has 0 fully saturated rings. The molecule has 0 radical (unpaired) electrons. The van der Waals surface area contributed by atoms with Gasteiger partial charge in [-0.2, -0.15) is 0 Å². The molecule has 12 nitrogen and oxygen atoms in total. The van der Waals surface area contributed by atoms with Crippen molar-refractivity contribution < 1.29 is 34.0 Å². The lowest BCUT2D eigenvalue weighted by Crippen LogP contribution is -2.42. The van der Waals surface area contributed by atoms with Gasteiger partial charge in [-0.05, 0) is 26.0 Å². The van der Waals surface area contributed by atoms with Gasteiger partial charge in [-0.1, -0.05) is 22.1 Å². The van der Waals surface area contributed by atoms with Crippen LogP contribution in [0.2, 0.25) is 0 Å². The number of nitrogens with one attached hydrogen (secondary N) is 1. The van der Waals surface area contributed by atoms with E-state index in [-0.39, 0.29) is 10.8 Å². The van der Waals surface area contributed by atoms with Crippen molar-refractivity contribution in [3.8, 4) is 0 Å². The Hall–Kier alpha value is -4.00. The molecule has 1 aromatic heterocycles. The van der Waals surface area contributed by atoms with Gasteiger partial charge in [0.2, 0.25) is 5.78 Å². The number of allylic oxidation sites excluding steroid dienone is 2. The maximum atomic E-state index is 12.7. The summed E-state index contributed by atoms with van der Waals surface area (Å²) in [5.74, 6) is -6.96. The van der Waals surface area contributed by atoms with Crippen LogP contribution in [0.15, 0.2) is 35.0 Å². The van der Waals surface area contributed by atoms with Crippen molar-refractivity contribution in [2.45, 2.75) is 13.8 Å². The number of ketones is 2. The van der Waals surface area contributed by atoms with E-state index in [0.717, 1.165) is 24.5 Å². The quantitative estimate of drug-likeness (QED) is 0.0891. The first-order valence-corrected chi connectivity index (χ1v) is 9.29. The van der Waals surface area contributed by atoms with E-state index in [9.17, 15) is 29.3 Å². The van der Waals surface area contributed by atoms with E-state index in [1.807, 2.05) is 0 Å². The molecule has 1 aromatic carbocycles. The van der Waals surface area contributed by atoms with Gasteiger partial charge in [-0.15, -0.1) is 0 Å². The molecule has 1 amide bonds. The normalized spacial score (nSPS) is 12.0. The SMILES string of the molecule is COC(=O)/C(=N/O)[C@@H](C(=O)C=C(C)C)C(=O)C(=O)Nc1nc2ccc([N+](=O)[O-])cc2s1. The molecule has 0 saturated heterocycles. The minimum atomic E-state index is -2.04. The number of carbonyl (C=O) groups excluding carboxylic acids is 4. The van der Waals surface area contributed by atoms with E-state index in [0.29, 0.717) is 15.8 Å². The van der Waals surface area contributed by atoms with Crippen molar-refractivity contribution in [2.75, 3.05) is 12.4 Å². The highest BCUT2D eigenvalue weighted by atomic mass is 32.1. The highest BCUT2D eigenvalue weighted by Crippen LogP contribution is 2.29. The van der Waals surface area contributed by atoms with Gasteiger partial charge in [0.05, 0.1) is 22.2 Å². The number of anilines is 1. The summed E-state index contributed by atoms with van der Waals surface area (Å²) < 4.78 is 4.78. The van der Waals surface area contributed by atoms with E-state index < -0.39 is 40.0 Å². The lowest BCUT2D eigenvalue weighted by atomic mass is 9.91. The first-order valence-electron chi connectivity index (χ1n) is 8.48. The van der Waals surface area contributed by atoms with E-state index in [1.165, 1.54) is 18.2 Å². The number of hydrogen-bond donors (Lipinski definition) is 2. The van der Waals surface area contributed by atoms with Crippen LogP contribution in [0, 0.1) is 16.0 Å². The highest BCUT2D eigenvalue weighted by molar-refractivity contribution is 7.22. The fourth-order valence-electron chi connectivity index (χ4n) is 2.45. The molecule has 13 heteroatoms. The minimum Gasteiger partial charge on any atom is -0.464 e. The van der Waals surface area contributed by atoms with Gasteiger partial charge < -0.3 is 9.94 Å². The Kier molecular flexibility index (Phi) is 7.26. The second-order valence-electron chi connectivity index (χ2n) is 6.28. The maximum absolute atomic E-state index is 12.7. The number of nitro benzene ring substituents is 1. The molecule has 1 atom stereocenters. The predicted molar refractivity (Wildman–Crippen MR) is 109 cm³/mol. The summed E-state index contributed by atoms with van der Waals surface area (Å²) in [5.41, 5.74) is -0.328. The zero-order chi connectivity index (χ0) is 23.3. The number of non-ortho nitro benzene ring substituents is 1. The molecule has 2 aromatic rings. The second kappa shape index (κ2) is 9.67. The van der Waals surface area contributed by atoms with Crippen LogP contribution >= 0.6 is 11.3 Å². The van der Waals surface area contributed by atoms with Crippen molar-refractivity contribution in [3.05, 3.63) is 40.0 Å². The summed E-state index contributed by atoms with van der Waals surface area (Å²) in [6, 6.07) is 3.85. The van der Waals surface area contributed by atoms with Crippen LogP contribution in [-0.2, 0) is 23.9 Å². The third-order valence-electron chi connectivity index (χ3n) is 3.78. The standard InChI is InChI=1S/C18H16N4O8S/c1-8(2)6-11(23)13(14(21-27)17(26)30-3)15(24)16(25)20-18-19-10-5-4-9(22(28)29)7-12(10)31-18/h4-7,13,27H,1-3H3,(H,19,20,25)/b21-14+/t13-/m1/s1. The lowest BCUT2D eigenvalue weighted by molar-refractivity contribution is -0.384. The van der Waals surface area contributed by atoms with E-state index in [1.54, 1.807) is 13.8 Å². The monoisotopic (exact) mass is 448 g/mol. The first-order chi connectivity index (χ1) is 14.6. The molecule has 1 heterocycles. The average Bonchev–Trinajstić information content (AvgIpc) is 3.11. The Labute approximate surface area is 178 Å². The topological polar surface area (TPSA) is 178 Å². The summed E-state index contributed by atoms with van der Waals surface area (Å²) in [5, 5.41) is 24.8. The molecule has 0 unspecified atom stereocenters. The largest absolute Gasteiger partial charge is 0.464 e. The van der Waals surface area contributed by atoms with Gasteiger partial charge in [-0.3, -0.25) is 29.8 Å². The Morgan fingerprint density at radius 3 is 2.55 bits per heavy atom.